The third-order valence-electron chi connectivity index (χ3n) is 3.21. The van der Waals surface area contributed by atoms with E-state index in [0.29, 0.717) is 11.6 Å². The van der Waals surface area contributed by atoms with Gasteiger partial charge in [-0.2, -0.15) is 0 Å². The van der Waals surface area contributed by atoms with Crippen LogP contribution in [0, 0.1) is 5.92 Å². The largest absolute Gasteiger partial charge is 0.399 e. The van der Waals surface area contributed by atoms with Gasteiger partial charge in [-0.05, 0) is 36.6 Å². The minimum atomic E-state index is -0.0646. The summed E-state index contributed by atoms with van der Waals surface area (Å²) in [5, 5.41) is 2.96. The quantitative estimate of drug-likeness (QED) is 0.620. The average molecular weight is 246 g/mol. The lowest BCUT2D eigenvalue weighted by Gasteiger charge is -2.18. The molecule has 1 aromatic rings. The van der Waals surface area contributed by atoms with E-state index >= 15 is 0 Å². The molecule has 0 saturated heterocycles. The molecule has 0 heterocycles. The van der Waals surface area contributed by atoms with Crippen LogP contribution in [0.5, 0.6) is 0 Å². The normalized spacial score (nSPS) is 14.4. The lowest BCUT2D eigenvalue weighted by atomic mass is 10.0. The Morgan fingerprint density at radius 1 is 1.44 bits per heavy atom. The Bertz CT molecular complexity index is 426. The Balaban J connectivity index is 2.54. The van der Waals surface area contributed by atoms with Crippen molar-refractivity contribution in [3.8, 4) is 0 Å². The van der Waals surface area contributed by atoms with Gasteiger partial charge < -0.3 is 11.1 Å². The molecule has 3 N–H and O–H groups in total. The number of hydrogen-bond donors (Lipinski definition) is 2. The monoisotopic (exact) mass is 246 g/mol. The lowest BCUT2D eigenvalue weighted by Crippen LogP contribution is -2.35. The predicted octanol–water partition coefficient (Wildman–Crippen LogP) is 2.83. The summed E-state index contributed by atoms with van der Waals surface area (Å²) in [5.41, 5.74) is 7.30. The summed E-state index contributed by atoms with van der Waals surface area (Å²) in [5.74, 6) is 0.417. The van der Waals surface area contributed by atoms with E-state index in [2.05, 4.69) is 19.2 Å². The molecule has 18 heavy (non-hydrogen) atoms. The van der Waals surface area contributed by atoms with Crippen LogP contribution in [0.25, 0.3) is 6.08 Å². The van der Waals surface area contributed by atoms with Crippen molar-refractivity contribution in [2.75, 3.05) is 5.73 Å². The Labute approximate surface area is 109 Å². The van der Waals surface area contributed by atoms with Crippen LogP contribution in [-0.2, 0) is 4.79 Å². The first-order chi connectivity index (χ1) is 8.52. The number of rotatable bonds is 5. The number of nitrogens with one attached hydrogen (secondary N) is 1. The van der Waals surface area contributed by atoms with Crippen molar-refractivity contribution in [3.05, 3.63) is 35.9 Å². The van der Waals surface area contributed by atoms with Gasteiger partial charge in [0.25, 0.3) is 0 Å². The Hall–Kier alpha value is -1.77. The maximum atomic E-state index is 11.7. The number of carbonyl (C=O) groups excluding carboxylic acids is 1. The molecule has 2 atom stereocenters. The van der Waals surface area contributed by atoms with Crippen molar-refractivity contribution in [1.29, 1.82) is 0 Å². The maximum absolute atomic E-state index is 11.7. The fourth-order valence-corrected chi connectivity index (χ4v) is 1.60. The highest BCUT2D eigenvalue weighted by Gasteiger charge is 2.10. The van der Waals surface area contributed by atoms with Crippen molar-refractivity contribution in [1.82, 2.24) is 5.32 Å². The van der Waals surface area contributed by atoms with E-state index in [-0.39, 0.29) is 11.9 Å². The number of nitrogens with two attached hydrogens (primary N) is 1. The first-order valence-electron chi connectivity index (χ1n) is 6.37. The molecule has 3 nitrogen and oxygen atoms in total. The molecule has 0 radical (unpaired) electrons. The molecule has 0 aliphatic rings. The van der Waals surface area contributed by atoms with Gasteiger partial charge in [-0.1, -0.05) is 32.4 Å². The highest BCUT2D eigenvalue weighted by Crippen LogP contribution is 2.09. The molecular formula is C15H22N2O. The molecule has 1 aromatic carbocycles. The third kappa shape index (κ3) is 4.62. The number of carbonyl (C=O) groups is 1. The van der Waals surface area contributed by atoms with Crippen LogP contribution in [0.4, 0.5) is 5.69 Å². The summed E-state index contributed by atoms with van der Waals surface area (Å²) in [6, 6.07) is 7.63. The van der Waals surface area contributed by atoms with Crippen LogP contribution in [-0.4, -0.2) is 11.9 Å². The van der Waals surface area contributed by atoms with Crippen LogP contribution in [0.1, 0.15) is 32.8 Å². The number of hydrogen-bond acceptors (Lipinski definition) is 2. The topological polar surface area (TPSA) is 55.1 Å². The van der Waals surface area contributed by atoms with Gasteiger partial charge in [0.1, 0.15) is 0 Å². The predicted molar refractivity (Wildman–Crippen MR) is 76.9 cm³/mol. The molecule has 0 aliphatic heterocycles. The SMILES string of the molecule is CCC(C)C(C)NC(=O)/C=C/c1cccc(N)c1. The Morgan fingerprint density at radius 3 is 2.78 bits per heavy atom. The fourth-order valence-electron chi connectivity index (χ4n) is 1.60. The Morgan fingerprint density at radius 2 is 2.17 bits per heavy atom. The number of anilines is 1. The Kier molecular flexibility index (Phi) is 5.43. The van der Waals surface area contributed by atoms with E-state index in [1.807, 2.05) is 31.2 Å². The van der Waals surface area contributed by atoms with E-state index in [4.69, 9.17) is 5.73 Å². The zero-order chi connectivity index (χ0) is 13.5. The van der Waals surface area contributed by atoms with Crippen LogP contribution in [0.2, 0.25) is 0 Å². The van der Waals surface area contributed by atoms with Crippen LogP contribution < -0.4 is 11.1 Å². The zero-order valence-corrected chi connectivity index (χ0v) is 11.3. The average Bonchev–Trinajstić information content (AvgIpc) is 2.35. The van der Waals surface area contributed by atoms with E-state index in [9.17, 15) is 4.79 Å². The minimum Gasteiger partial charge on any atom is -0.399 e. The highest BCUT2D eigenvalue weighted by molar-refractivity contribution is 5.92. The van der Waals surface area contributed by atoms with Crippen molar-refractivity contribution < 1.29 is 4.79 Å². The number of benzene rings is 1. The second kappa shape index (κ2) is 6.84. The van der Waals surface area contributed by atoms with Gasteiger partial charge in [-0.3, -0.25) is 4.79 Å². The smallest absolute Gasteiger partial charge is 0.244 e. The second-order valence-electron chi connectivity index (χ2n) is 4.69. The van der Waals surface area contributed by atoms with Gasteiger partial charge in [-0.15, -0.1) is 0 Å². The molecule has 0 saturated carbocycles. The lowest BCUT2D eigenvalue weighted by molar-refractivity contribution is -0.117. The van der Waals surface area contributed by atoms with Gasteiger partial charge in [0, 0.05) is 17.8 Å². The van der Waals surface area contributed by atoms with E-state index in [1.165, 1.54) is 0 Å². The molecule has 0 spiro atoms. The van der Waals surface area contributed by atoms with Gasteiger partial charge in [0.2, 0.25) is 5.91 Å². The van der Waals surface area contributed by atoms with Crippen LogP contribution >= 0.6 is 0 Å². The molecule has 3 heteroatoms. The summed E-state index contributed by atoms with van der Waals surface area (Å²) in [6.45, 7) is 6.28. The maximum Gasteiger partial charge on any atom is 0.244 e. The van der Waals surface area contributed by atoms with Crippen LogP contribution in [0.3, 0.4) is 0 Å². The van der Waals surface area contributed by atoms with Crippen molar-refractivity contribution in [2.45, 2.75) is 33.2 Å². The first kappa shape index (κ1) is 14.3. The first-order valence-corrected chi connectivity index (χ1v) is 6.37. The summed E-state index contributed by atoms with van der Waals surface area (Å²) >= 11 is 0. The number of amides is 1. The third-order valence-corrected chi connectivity index (χ3v) is 3.21. The van der Waals surface area contributed by atoms with Gasteiger partial charge in [0.05, 0.1) is 0 Å². The molecule has 0 fully saturated rings. The van der Waals surface area contributed by atoms with E-state index in [0.717, 1.165) is 12.0 Å². The minimum absolute atomic E-state index is 0.0646. The van der Waals surface area contributed by atoms with Crippen molar-refractivity contribution in [3.63, 3.8) is 0 Å². The molecule has 0 bridgehead atoms. The molecule has 1 rings (SSSR count). The molecular weight excluding hydrogens is 224 g/mol. The van der Waals surface area contributed by atoms with E-state index in [1.54, 1.807) is 12.2 Å². The van der Waals surface area contributed by atoms with Gasteiger partial charge >= 0.3 is 0 Å². The van der Waals surface area contributed by atoms with E-state index < -0.39 is 0 Å². The summed E-state index contributed by atoms with van der Waals surface area (Å²) in [6.07, 6.45) is 4.38. The summed E-state index contributed by atoms with van der Waals surface area (Å²) in [7, 11) is 0. The molecule has 1 amide bonds. The number of nitrogen functional groups attached to an aromatic ring is 1. The molecule has 0 aromatic heterocycles. The van der Waals surface area contributed by atoms with Gasteiger partial charge in [-0.25, -0.2) is 0 Å². The van der Waals surface area contributed by atoms with Crippen LogP contribution in [0.15, 0.2) is 30.3 Å². The fraction of sp³-hybridized carbons (Fsp3) is 0.400. The zero-order valence-electron chi connectivity index (χ0n) is 11.3. The second-order valence-corrected chi connectivity index (χ2v) is 4.69. The summed E-state index contributed by atoms with van der Waals surface area (Å²) in [4.78, 5) is 11.7. The summed E-state index contributed by atoms with van der Waals surface area (Å²) < 4.78 is 0. The molecule has 2 unspecified atom stereocenters. The highest BCUT2D eigenvalue weighted by atomic mass is 16.1. The molecule has 0 aliphatic carbocycles. The van der Waals surface area contributed by atoms with Crippen molar-refractivity contribution >= 4 is 17.7 Å². The van der Waals surface area contributed by atoms with Gasteiger partial charge in [0.15, 0.2) is 0 Å². The van der Waals surface area contributed by atoms with Crippen molar-refractivity contribution in [2.24, 2.45) is 5.92 Å². The standard InChI is InChI=1S/C15H22N2O/c1-4-11(2)12(3)17-15(18)9-8-13-6-5-7-14(16)10-13/h5-12H,4,16H2,1-3H3,(H,17,18)/b9-8+. The molecule has 98 valence electrons.